The predicted octanol–water partition coefficient (Wildman–Crippen LogP) is 6.49. The minimum atomic E-state index is -0.841. The number of aromatic nitrogens is 1. The van der Waals surface area contributed by atoms with Crippen LogP contribution in [0.4, 0.5) is 0 Å². The summed E-state index contributed by atoms with van der Waals surface area (Å²) in [4.78, 5) is 14.3. The van der Waals surface area contributed by atoms with Crippen LogP contribution in [0.15, 0.2) is 42.5 Å². The molecule has 0 radical (unpaired) electrons. The van der Waals surface area contributed by atoms with Crippen LogP contribution >= 0.6 is 0 Å². The number of nitrogens with zero attached hydrogens (tertiary/aromatic N) is 2. The summed E-state index contributed by atoms with van der Waals surface area (Å²) in [5, 5.41) is 11.0. The van der Waals surface area contributed by atoms with Crippen LogP contribution in [0.2, 0.25) is 0 Å². The molecule has 4 nitrogen and oxygen atoms in total. The van der Waals surface area contributed by atoms with Gasteiger partial charge in [-0.25, -0.2) is 4.79 Å². The van der Waals surface area contributed by atoms with E-state index in [1.54, 1.807) is 0 Å². The summed E-state index contributed by atoms with van der Waals surface area (Å²) in [5.41, 5.74) is 7.27. The number of aromatic carboxylic acids is 1. The first-order valence-electron chi connectivity index (χ1n) is 12.7. The molecular weight excluding hydrogens is 408 g/mol. The van der Waals surface area contributed by atoms with Crippen molar-refractivity contribution < 1.29 is 9.90 Å². The third-order valence-corrected chi connectivity index (χ3v) is 8.80. The Bertz CT molecular complexity index is 1220. The third-order valence-electron chi connectivity index (χ3n) is 8.80. The van der Waals surface area contributed by atoms with Crippen LogP contribution in [0, 0.1) is 5.92 Å². The molecule has 2 heterocycles. The highest BCUT2D eigenvalue weighted by Crippen LogP contribution is 2.52. The number of carbonyl (C=O) groups is 1. The summed E-state index contributed by atoms with van der Waals surface area (Å²) < 4.78 is 2.52. The molecule has 2 aliphatic carbocycles. The highest BCUT2D eigenvalue weighted by Gasteiger charge is 2.41. The normalized spacial score (nSPS) is 25.0. The first kappa shape index (κ1) is 21.0. The Morgan fingerprint density at radius 1 is 1.03 bits per heavy atom. The molecule has 33 heavy (non-hydrogen) atoms. The van der Waals surface area contributed by atoms with Crippen LogP contribution in [0.25, 0.3) is 22.2 Å². The maximum atomic E-state index is 11.9. The molecule has 3 aromatic rings. The summed E-state index contributed by atoms with van der Waals surface area (Å²) >= 11 is 0. The van der Waals surface area contributed by atoms with Crippen LogP contribution in [0.1, 0.15) is 78.3 Å². The van der Waals surface area contributed by atoms with Gasteiger partial charge in [-0.2, -0.15) is 0 Å². The second-order valence-corrected chi connectivity index (χ2v) is 10.8. The number of hydrogen-bond donors (Lipinski definition) is 1. The predicted molar refractivity (Wildman–Crippen MR) is 133 cm³/mol. The SMILES string of the molecule is CN(C)C1CC2Cn3c(c(C4CCCCC4)c4ccc(C(=O)O)cc43)-c3ccccc3C2C1. The van der Waals surface area contributed by atoms with Crippen molar-refractivity contribution in [2.45, 2.75) is 69.4 Å². The minimum Gasteiger partial charge on any atom is -0.478 e. The smallest absolute Gasteiger partial charge is 0.335 e. The summed E-state index contributed by atoms with van der Waals surface area (Å²) in [6.45, 7) is 0.977. The van der Waals surface area contributed by atoms with Gasteiger partial charge in [-0.1, -0.05) is 49.6 Å². The van der Waals surface area contributed by atoms with Gasteiger partial charge in [0, 0.05) is 29.1 Å². The van der Waals surface area contributed by atoms with Crippen LogP contribution < -0.4 is 0 Å². The summed E-state index contributed by atoms with van der Waals surface area (Å²) in [6, 6.07) is 15.5. The van der Waals surface area contributed by atoms with Crippen molar-refractivity contribution in [3.05, 3.63) is 59.2 Å². The van der Waals surface area contributed by atoms with E-state index in [2.05, 4.69) is 53.9 Å². The van der Waals surface area contributed by atoms with Crippen molar-refractivity contribution in [3.8, 4) is 11.3 Å². The van der Waals surface area contributed by atoms with Gasteiger partial charge in [0.2, 0.25) is 0 Å². The molecule has 0 bridgehead atoms. The molecule has 1 aliphatic heterocycles. The zero-order chi connectivity index (χ0) is 22.7. The highest BCUT2D eigenvalue weighted by molar-refractivity contribution is 5.98. The molecule has 0 spiro atoms. The Kier molecular flexibility index (Phi) is 5.10. The molecular formula is C29H34N2O2. The molecule has 1 aromatic heterocycles. The summed E-state index contributed by atoms with van der Waals surface area (Å²) in [7, 11) is 4.41. The van der Waals surface area contributed by atoms with Gasteiger partial charge in [-0.3, -0.25) is 0 Å². The minimum absolute atomic E-state index is 0.393. The Morgan fingerprint density at radius 2 is 1.82 bits per heavy atom. The van der Waals surface area contributed by atoms with E-state index >= 15 is 0 Å². The number of hydrogen-bond acceptors (Lipinski definition) is 2. The van der Waals surface area contributed by atoms with E-state index in [1.165, 1.54) is 72.7 Å². The van der Waals surface area contributed by atoms with Gasteiger partial charge in [0.05, 0.1) is 11.3 Å². The van der Waals surface area contributed by atoms with E-state index < -0.39 is 5.97 Å². The zero-order valence-corrected chi connectivity index (χ0v) is 19.8. The lowest BCUT2D eigenvalue weighted by Gasteiger charge is -2.24. The Labute approximate surface area is 196 Å². The quantitative estimate of drug-likeness (QED) is 0.504. The van der Waals surface area contributed by atoms with Crippen molar-refractivity contribution in [1.82, 2.24) is 9.47 Å². The molecule has 2 aromatic carbocycles. The number of carboxylic acids is 1. The largest absolute Gasteiger partial charge is 0.478 e. The summed E-state index contributed by atoms with van der Waals surface area (Å²) in [5.74, 6) is 0.856. The zero-order valence-electron chi connectivity index (χ0n) is 19.8. The van der Waals surface area contributed by atoms with Gasteiger partial charge >= 0.3 is 5.97 Å². The molecule has 4 heteroatoms. The monoisotopic (exact) mass is 442 g/mol. The van der Waals surface area contributed by atoms with Gasteiger partial charge < -0.3 is 14.6 Å². The first-order chi connectivity index (χ1) is 16.0. The van der Waals surface area contributed by atoms with Crippen LogP contribution in [-0.2, 0) is 6.54 Å². The van der Waals surface area contributed by atoms with Crippen LogP contribution in [0.5, 0.6) is 0 Å². The Balaban J connectivity index is 1.62. The van der Waals surface area contributed by atoms with Crippen molar-refractivity contribution in [2.75, 3.05) is 14.1 Å². The molecule has 3 unspecified atom stereocenters. The van der Waals surface area contributed by atoms with Crippen molar-refractivity contribution in [2.24, 2.45) is 5.92 Å². The number of benzene rings is 2. The Morgan fingerprint density at radius 3 is 2.58 bits per heavy atom. The molecule has 3 aliphatic rings. The van der Waals surface area contributed by atoms with E-state index in [0.717, 1.165) is 12.1 Å². The fourth-order valence-corrected chi connectivity index (χ4v) is 7.16. The van der Waals surface area contributed by atoms with Crippen molar-refractivity contribution in [1.29, 1.82) is 0 Å². The number of fused-ring (bicyclic) bond motifs is 7. The molecule has 6 rings (SSSR count). The second-order valence-electron chi connectivity index (χ2n) is 10.8. The molecule has 0 amide bonds. The van der Waals surface area contributed by atoms with Gasteiger partial charge in [0.15, 0.2) is 0 Å². The van der Waals surface area contributed by atoms with Crippen LogP contribution in [-0.4, -0.2) is 40.7 Å². The van der Waals surface area contributed by atoms with Gasteiger partial charge in [-0.15, -0.1) is 0 Å². The van der Waals surface area contributed by atoms with Crippen LogP contribution in [0.3, 0.4) is 0 Å². The maximum absolute atomic E-state index is 11.9. The molecule has 0 saturated heterocycles. The van der Waals surface area contributed by atoms with E-state index in [1.807, 2.05) is 12.1 Å². The van der Waals surface area contributed by atoms with E-state index in [9.17, 15) is 9.90 Å². The summed E-state index contributed by atoms with van der Waals surface area (Å²) in [6.07, 6.45) is 8.80. The maximum Gasteiger partial charge on any atom is 0.335 e. The average Bonchev–Trinajstić information content (AvgIpc) is 3.36. The molecule has 172 valence electrons. The number of carboxylic acid groups (broad SMARTS) is 1. The van der Waals surface area contributed by atoms with Gasteiger partial charge in [0.25, 0.3) is 0 Å². The molecule has 3 atom stereocenters. The fourth-order valence-electron chi connectivity index (χ4n) is 7.16. The lowest BCUT2D eigenvalue weighted by Crippen LogP contribution is -2.25. The molecule has 2 saturated carbocycles. The topological polar surface area (TPSA) is 45.5 Å². The van der Waals surface area contributed by atoms with E-state index in [4.69, 9.17) is 0 Å². The molecule has 2 fully saturated rings. The van der Waals surface area contributed by atoms with Crippen molar-refractivity contribution >= 4 is 16.9 Å². The highest BCUT2D eigenvalue weighted by atomic mass is 16.4. The third kappa shape index (κ3) is 3.33. The van der Waals surface area contributed by atoms with E-state index in [-0.39, 0.29) is 0 Å². The average molecular weight is 443 g/mol. The molecule has 1 N–H and O–H groups in total. The van der Waals surface area contributed by atoms with Gasteiger partial charge in [-0.05, 0) is 80.8 Å². The van der Waals surface area contributed by atoms with E-state index in [0.29, 0.717) is 29.4 Å². The Hall–Kier alpha value is -2.59. The fraction of sp³-hybridized carbons (Fsp3) is 0.483. The standard InChI is InChI=1S/C29H34N2O2/c1-30(2)21-14-20-17-31-26-15-19(29(32)33)12-13-24(26)27(18-8-4-3-5-9-18)28(31)23-11-7-6-10-22(23)25(20)16-21/h6-7,10-13,15,18,20-21,25H,3-5,8-9,14,16-17H2,1-2H3,(H,32,33). The first-order valence-corrected chi connectivity index (χ1v) is 12.7. The lowest BCUT2D eigenvalue weighted by molar-refractivity contribution is 0.0697. The van der Waals surface area contributed by atoms with Gasteiger partial charge in [0.1, 0.15) is 0 Å². The lowest BCUT2D eigenvalue weighted by atomic mass is 9.80. The second kappa shape index (κ2) is 8.02. The number of rotatable bonds is 3. The van der Waals surface area contributed by atoms with Crippen molar-refractivity contribution in [3.63, 3.8) is 0 Å².